The molecule has 0 aliphatic carbocycles. The van der Waals surface area contributed by atoms with Gasteiger partial charge in [0, 0.05) is 24.8 Å². The van der Waals surface area contributed by atoms with E-state index in [0.717, 1.165) is 30.8 Å². The second kappa shape index (κ2) is 7.21. The Morgan fingerprint density at radius 2 is 2.19 bits per heavy atom. The molecule has 2 unspecified atom stereocenters. The first-order chi connectivity index (χ1) is 10.1. The first-order valence-corrected chi connectivity index (χ1v) is 7.32. The average molecular weight is 286 g/mol. The Bertz CT molecular complexity index is 520. The summed E-state index contributed by atoms with van der Waals surface area (Å²) in [5.74, 6) is 0.419. The summed E-state index contributed by atoms with van der Waals surface area (Å²) >= 11 is 0. The van der Waals surface area contributed by atoms with E-state index in [1.807, 2.05) is 24.3 Å². The number of nitrogens with zero attached hydrogens (tertiary/aromatic N) is 2. The molecule has 0 aromatic heterocycles. The molecule has 1 fully saturated rings. The molecule has 0 saturated carbocycles. The third-order valence-electron chi connectivity index (χ3n) is 3.94. The van der Waals surface area contributed by atoms with Crippen LogP contribution in [0, 0.1) is 17.2 Å². The van der Waals surface area contributed by atoms with Crippen LogP contribution < -0.4 is 11.1 Å². The lowest BCUT2D eigenvalue weighted by Crippen LogP contribution is -2.48. The van der Waals surface area contributed by atoms with Gasteiger partial charge in [0.05, 0.1) is 19.0 Å². The van der Waals surface area contributed by atoms with E-state index in [9.17, 15) is 4.79 Å². The zero-order chi connectivity index (χ0) is 15.2. The molecule has 0 bridgehead atoms. The third-order valence-corrected chi connectivity index (χ3v) is 3.94. The van der Waals surface area contributed by atoms with Crippen molar-refractivity contribution in [3.8, 4) is 6.07 Å². The largest absolute Gasteiger partial charge is 0.327 e. The summed E-state index contributed by atoms with van der Waals surface area (Å²) < 4.78 is 0. The van der Waals surface area contributed by atoms with Gasteiger partial charge < -0.3 is 11.1 Å². The number of nitriles is 1. The van der Waals surface area contributed by atoms with Gasteiger partial charge in [0.25, 0.3) is 0 Å². The summed E-state index contributed by atoms with van der Waals surface area (Å²) in [7, 11) is 0. The van der Waals surface area contributed by atoms with Crippen molar-refractivity contribution >= 4 is 11.6 Å². The maximum Gasteiger partial charge on any atom is 0.238 e. The number of carbonyl (C=O) groups excluding carboxylic acids is 1. The first-order valence-electron chi connectivity index (χ1n) is 7.32. The Labute approximate surface area is 125 Å². The van der Waals surface area contributed by atoms with Gasteiger partial charge in [0.1, 0.15) is 0 Å². The van der Waals surface area contributed by atoms with Crippen LogP contribution in [0.4, 0.5) is 5.69 Å². The predicted octanol–water partition coefficient (Wildman–Crippen LogP) is 1.36. The summed E-state index contributed by atoms with van der Waals surface area (Å²) in [6, 6.07) is 9.74. The van der Waals surface area contributed by atoms with E-state index in [0.29, 0.717) is 18.9 Å². The predicted molar refractivity (Wildman–Crippen MR) is 82.6 cm³/mol. The lowest BCUT2D eigenvalue weighted by atomic mass is 9.95. The molecule has 3 N–H and O–H groups in total. The van der Waals surface area contributed by atoms with Crippen LogP contribution in [0.1, 0.15) is 18.9 Å². The van der Waals surface area contributed by atoms with Gasteiger partial charge in [-0.3, -0.25) is 9.69 Å². The monoisotopic (exact) mass is 286 g/mol. The lowest BCUT2D eigenvalue weighted by Gasteiger charge is -2.34. The number of piperidine rings is 1. The summed E-state index contributed by atoms with van der Waals surface area (Å²) in [4.78, 5) is 14.2. The minimum atomic E-state index is -0.00861. The van der Waals surface area contributed by atoms with E-state index in [2.05, 4.69) is 23.2 Å². The van der Waals surface area contributed by atoms with Crippen molar-refractivity contribution in [3.63, 3.8) is 0 Å². The van der Waals surface area contributed by atoms with Crippen LogP contribution in [0.5, 0.6) is 0 Å². The second-order valence-corrected chi connectivity index (χ2v) is 5.74. The Morgan fingerprint density at radius 3 is 2.81 bits per heavy atom. The van der Waals surface area contributed by atoms with Crippen LogP contribution in [-0.4, -0.2) is 36.5 Å². The summed E-state index contributed by atoms with van der Waals surface area (Å²) in [6.07, 6.45) is 1.33. The van der Waals surface area contributed by atoms with Gasteiger partial charge in [-0.15, -0.1) is 0 Å². The van der Waals surface area contributed by atoms with E-state index >= 15 is 0 Å². The molecule has 112 valence electrons. The fourth-order valence-electron chi connectivity index (χ4n) is 2.59. The highest BCUT2D eigenvalue weighted by atomic mass is 16.2. The smallest absolute Gasteiger partial charge is 0.238 e. The van der Waals surface area contributed by atoms with Crippen molar-refractivity contribution in [1.29, 1.82) is 5.26 Å². The molecule has 1 aromatic rings. The van der Waals surface area contributed by atoms with Crippen LogP contribution in [0.15, 0.2) is 24.3 Å². The Balaban J connectivity index is 1.83. The second-order valence-electron chi connectivity index (χ2n) is 5.74. The summed E-state index contributed by atoms with van der Waals surface area (Å²) in [6.45, 7) is 4.27. The van der Waals surface area contributed by atoms with E-state index < -0.39 is 0 Å². The quantitative estimate of drug-likeness (QED) is 0.875. The number of nitrogens with one attached hydrogen (secondary N) is 1. The van der Waals surface area contributed by atoms with Gasteiger partial charge in [0.15, 0.2) is 0 Å². The number of likely N-dealkylation sites (tertiary alicyclic amines) is 1. The minimum absolute atomic E-state index is 0.00861. The van der Waals surface area contributed by atoms with E-state index in [1.165, 1.54) is 0 Å². The molecule has 5 nitrogen and oxygen atoms in total. The molecule has 1 amide bonds. The number of amides is 1. The van der Waals surface area contributed by atoms with Crippen LogP contribution in [0.2, 0.25) is 0 Å². The van der Waals surface area contributed by atoms with Crippen LogP contribution in [0.25, 0.3) is 0 Å². The fourth-order valence-corrected chi connectivity index (χ4v) is 2.59. The van der Waals surface area contributed by atoms with Crippen molar-refractivity contribution in [1.82, 2.24) is 4.90 Å². The van der Waals surface area contributed by atoms with Gasteiger partial charge in [0.2, 0.25) is 5.91 Å². The number of benzene rings is 1. The Kier molecular flexibility index (Phi) is 5.32. The van der Waals surface area contributed by atoms with E-state index in [4.69, 9.17) is 11.0 Å². The molecule has 5 heteroatoms. The zero-order valence-corrected chi connectivity index (χ0v) is 12.4. The average Bonchev–Trinajstić information content (AvgIpc) is 2.45. The molecule has 0 radical (unpaired) electrons. The van der Waals surface area contributed by atoms with Crippen LogP contribution >= 0.6 is 0 Å². The van der Waals surface area contributed by atoms with Crippen LogP contribution in [0.3, 0.4) is 0 Å². The van der Waals surface area contributed by atoms with Gasteiger partial charge in [-0.2, -0.15) is 5.26 Å². The molecule has 0 spiro atoms. The molecule has 1 aliphatic heterocycles. The number of carbonyl (C=O) groups is 1. The van der Waals surface area contributed by atoms with Gasteiger partial charge in [-0.05, 0) is 30.0 Å². The van der Waals surface area contributed by atoms with Gasteiger partial charge in [-0.1, -0.05) is 19.1 Å². The highest BCUT2D eigenvalue weighted by molar-refractivity contribution is 5.92. The normalized spacial score (nSPS) is 22.5. The van der Waals surface area contributed by atoms with Gasteiger partial charge >= 0.3 is 0 Å². The molecule has 1 heterocycles. The lowest BCUT2D eigenvalue weighted by molar-refractivity contribution is -0.117. The summed E-state index contributed by atoms with van der Waals surface area (Å²) in [5.41, 5.74) is 7.70. The highest BCUT2D eigenvalue weighted by Crippen LogP contribution is 2.15. The summed E-state index contributed by atoms with van der Waals surface area (Å²) in [5, 5.41) is 11.5. The van der Waals surface area contributed by atoms with Crippen molar-refractivity contribution in [2.24, 2.45) is 11.7 Å². The molecule has 21 heavy (non-hydrogen) atoms. The highest BCUT2D eigenvalue weighted by Gasteiger charge is 2.24. The molecule has 1 saturated heterocycles. The number of nitrogens with two attached hydrogens (primary N) is 1. The topological polar surface area (TPSA) is 82.2 Å². The number of hydrogen-bond acceptors (Lipinski definition) is 4. The first kappa shape index (κ1) is 15.5. The van der Waals surface area contributed by atoms with E-state index in [-0.39, 0.29) is 11.9 Å². The Hall–Kier alpha value is -1.90. The maximum absolute atomic E-state index is 12.0. The number of rotatable bonds is 4. The van der Waals surface area contributed by atoms with Crippen molar-refractivity contribution in [3.05, 3.63) is 29.8 Å². The number of hydrogen-bond donors (Lipinski definition) is 2. The molecular formula is C16H22N4O. The van der Waals surface area contributed by atoms with E-state index in [1.54, 1.807) is 0 Å². The SMILES string of the molecule is CC1CN(CC(=O)Nc2ccc(CC#N)cc2)CCC1N. The molecule has 1 aliphatic rings. The third kappa shape index (κ3) is 4.55. The maximum atomic E-state index is 12.0. The molecular weight excluding hydrogens is 264 g/mol. The zero-order valence-electron chi connectivity index (χ0n) is 12.4. The molecule has 2 rings (SSSR count). The fraction of sp³-hybridized carbons (Fsp3) is 0.500. The van der Waals surface area contributed by atoms with Gasteiger partial charge in [-0.25, -0.2) is 0 Å². The molecule has 1 aromatic carbocycles. The molecule has 2 atom stereocenters. The number of anilines is 1. The van der Waals surface area contributed by atoms with Crippen LogP contribution in [-0.2, 0) is 11.2 Å². The van der Waals surface area contributed by atoms with Crippen molar-refractivity contribution in [2.75, 3.05) is 25.0 Å². The minimum Gasteiger partial charge on any atom is -0.327 e. The van der Waals surface area contributed by atoms with Crippen molar-refractivity contribution < 1.29 is 4.79 Å². The Morgan fingerprint density at radius 1 is 1.48 bits per heavy atom. The standard InChI is InChI=1S/C16H22N4O/c1-12-10-20(9-7-15(12)18)11-16(21)19-14-4-2-13(3-5-14)6-8-17/h2-5,12,15H,6-7,9-11,18H2,1H3,(H,19,21). The van der Waals surface area contributed by atoms with Crippen molar-refractivity contribution in [2.45, 2.75) is 25.8 Å².